The van der Waals surface area contributed by atoms with E-state index in [1.807, 2.05) is 0 Å². The van der Waals surface area contributed by atoms with E-state index >= 15 is 0 Å². The van der Waals surface area contributed by atoms with Gasteiger partial charge in [-0.05, 0) is 45.3 Å². The Balaban J connectivity index is 1.68. The number of nitrogens with zero attached hydrogens (tertiary/aromatic N) is 1. The molecule has 1 saturated heterocycles. The van der Waals surface area contributed by atoms with Crippen LogP contribution in [0.5, 0.6) is 0 Å². The highest BCUT2D eigenvalue weighted by Crippen LogP contribution is 2.41. The minimum absolute atomic E-state index is 0.0688. The van der Waals surface area contributed by atoms with Gasteiger partial charge in [-0.15, -0.1) is 0 Å². The van der Waals surface area contributed by atoms with Gasteiger partial charge in [0.15, 0.2) is 0 Å². The Morgan fingerprint density at radius 1 is 1.28 bits per heavy atom. The van der Waals surface area contributed by atoms with Crippen LogP contribution < -0.4 is 5.32 Å². The number of piperidine rings is 1. The zero-order chi connectivity index (χ0) is 13.2. The molecule has 2 aliphatic rings. The van der Waals surface area contributed by atoms with Crippen LogP contribution >= 0.6 is 0 Å². The number of rotatable bonds is 5. The first-order chi connectivity index (χ1) is 8.54. The van der Waals surface area contributed by atoms with Crippen molar-refractivity contribution in [3.63, 3.8) is 0 Å². The molecule has 0 bridgehead atoms. The molecule has 0 aromatic heterocycles. The second-order valence-electron chi connectivity index (χ2n) is 6.76. The van der Waals surface area contributed by atoms with E-state index in [0.29, 0.717) is 12.1 Å². The predicted octanol–water partition coefficient (Wildman–Crippen LogP) is 2.00. The number of likely N-dealkylation sites (tertiary alicyclic amines) is 1. The average molecular weight is 254 g/mol. The number of unbranched alkanes of at least 4 members (excludes halogenated alkanes) is 1. The van der Waals surface area contributed by atoms with Gasteiger partial charge >= 0.3 is 0 Å². The van der Waals surface area contributed by atoms with Crippen molar-refractivity contribution in [2.75, 3.05) is 19.6 Å². The van der Waals surface area contributed by atoms with Crippen LogP contribution in [0.3, 0.4) is 0 Å². The van der Waals surface area contributed by atoms with Crippen molar-refractivity contribution >= 4 is 0 Å². The molecule has 0 amide bonds. The van der Waals surface area contributed by atoms with Gasteiger partial charge < -0.3 is 15.3 Å². The standard InChI is InChI=1S/C15H30N2O/c1-4-5-8-17-9-6-12(7-10-17)16-13-11-14(18)15(13,2)3/h12-14,16,18H,4-11H2,1-3H3. The molecule has 2 rings (SSSR count). The highest BCUT2D eigenvalue weighted by molar-refractivity contribution is 5.03. The van der Waals surface area contributed by atoms with Gasteiger partial charge in [0, 0.05) is 17.5 Å². The summed E-state index contributed by atoms with van der Waals surface area (Å²) in [5.41, 5.74) is 0.0688. The van der Waals surface area contributed by atoms with Crippen LogP contribution in [0.1, 0.15) is 52.9 Å². The molecular weight excluding hydrogens is 224 g/mol. The normalized spacial score (nSPS) is 33.3. The van der Waals surface area contributed by atoms with Crippen LogP contribution in [0.15, 0.2) is 0 Å². The van der Waals surface area contributed by atoms with E-state index < -0.39 is 0 Å². The molecule has 1 heterocycles. The molecule has 2 N–H and O–H groups in total. The molecular formula is C15H30N2O. The van der Waals surface area contributed by atoms with Crippen molar-refractivity contribution < 1.29 is 5.11 Å². The number of hydrogen-bond donors (Lipinski definition) is 2. The summed E-state index contributed by atoms with van der Waals surface area (Å²) in [6.07, 6.45) is 5.99. The molecule has 0 aromatic carbocycles. The van der Waals surface area contributed by atoms with E-state index in [4.69, 9.17) is 0 Å². The molecule has 0 aromatic rings. The van der Waals surface area contributed by atoms with Crippen molar-refractivity contribution in [2.24, 2.45) is 5.41 Å². The van der Waals surface area contributed by atoms with Gasteiger partial charge in [0.1, 0.15) is 0 Å². The van der Waals surface area contributed by atoms with Crippen LogP contribution in [0.4, 0.5) is 0 Å². The Morgan fingerprint density at radius 3 is 2.44 bits per heavy atom. The molecule has 2 unspecified atom stereocenters. The largest absolute Gasteiger partial charge is 0.392 e. The monoisotopic (exact) mass is 254 g/mol. The molecule has 3 nitrogen and oxygen atoms in total. The molecule has 2 atom stereocenters. The summed E-state index contributed by atoms with van der Waals surface area (Å²) in [5, 5.41) is 13.5. The van der Waals surface area contributed by atoms with Crippen LogP contribution in [0.2, 0.25) is 0 Å². The smallest absolute Gasteiger partial charge is 0.0621 e. The van der Waals surface area contributed by atoms with Gasteiger partial charge in [0.2, 0.25) is 0 Å². The third-order valence-electron chi connectivity index (χ3n) is 5.07. The Labute approximate surface area is 112 Å². The zero-order valence-electron chi connectivity index (χ0n) is 12.3. The van der Waals surface area contributed by atoms with Gasteiger partial charge in [-0.2, -0.15) is 0 Å². The number of nitrogens with one attached hydrogen (secondary N) is 1. The lowest BCUT2D eigenvalue weighted by Gasteiger charge is -2.51. The summed E-state index contributed by atoms with van der Waals surface area (Å²) in [7, 11) is 0. The van der Waals surface area contributed by atoms with Crippen LogP contribution in [0, 0.1) is 5.41 Å². The van der Waals surface area contributed by atoms with E-state index in [0.717, 1.165) is 6.42 Å². The minimum Gasteiger partial charge on any atom is -0.392 e. The van der Waals surface area contributed by atoms with E-state index in [-0.39, 0.29) is 11.5 Å². The lowest BCUT2D eigenvalue weighted by molar-refractivity contribution is -0.0777. The summed E-state index contributed by atoms with van der Waals surface area (Å²) in [6.45, 7) is 10.4. The molecule has 106 valence electrons. The highest BCUT2D eigenvalue weighted by atomic mass is 16.3. The zero-order valence-corrected chi connectivity index (χ0v) is 12.3. The van der Waals surface area contributed by atoms with Gasteiger partial charge in [-0.25, -0.2) is 0 Å². The second-order valence-corrected chi connectivity index (χ2v) is 6.76. The molecule has 0 spiro atoms. The van der Waals surface area contributed by atoms with Crippen molar-refractivity contribution in [1.29, 1.82) is 0 Å². The van der Waals surface area contributed by atoms with Gasteiger partial charge in [0.25, 0.3) is 0 Å². The Bertz CT molecular complexity index is 259. The van der Waals surface area contributed by atoms with Crippen LogP contribution in [-0.4, -0.2) is 47.8 Å². The van der Waals surface area contributed by atoms with E-state index in [2.05, 4.69) is 31.0 Å². The van der Waals surface area contributed by atoms with Crippen molar-refractivity contribution in [3.05, 3.63) is 0 Å². The lowest BCUT2D eigenvalue weighted by atomic mass is 9.64. The SMILES string of the molecule is CCCCN1CCC(NC2CC(O)C2(C)C)CC1. The third-order valence-corrected chi connectivity index (χ3v) is 5.07. The maximum absolute atomic E-state index is 9.77. The molecule has 2 fully saturated rings. The number of aliphatic hydroxyl groups is 1. The Hall–Kier alpha value is -0.120. The fourth-order valence-corrected chi connectivity index (χ4v) is 3.17. The quantitative estimate of drug-likeness (QED) is 0.788. The van der Waals surface area contributed by atoms with E-state index in [9.17, 15) is 5.11 Å². The fraction of sp³-hybridized carbons (Fsp3) is 1.00. The van der Waals surface area contributed by atoms with Gasteiger partial charge in [-0.3, -0.25) is 0 Å². The highest BCUT2D eigenvalue weighted by Gasteiger charge is 2.47. The van der Waals surface area contributed by atoms with Crippen molar-refractivity contribution in [1.82, 2.24) is 10.2 Å². The summed E-state index contributed by atoms with van der Waals surface area (Å²) in [6, 6.07) is 1.18. The van der Waals surface area contributed by atoms with E-state index in [1.165, 1.54) is 45.3 Å². The first-order valence-electron chi connectivity index (χ1n) is 7.70. The molecule has 18 heavy (non-hydrogen) atoms. The molecule has 1 aliphatic heterocycles. The average Bonchev–Trinajstić information content (AvgIpc) is 2.37. The first kappa shape index (κ1) is 14.3. The summed E-state index contributed by atoms with van der Waals surface area (Å²) >= 11 is 0. The van der Waals surface area contributed by atoms with Crippen molar-refractivity contribution in [2.45, 2.75) is 71.1 Å². The minimum atomic E-state index is -0.111. The third kappa shape index (κ3) is 3.06. The van der Waals surface area contributed by atoms with Crippen LogP contribution in [-0.2, 0) is 0 Å². The van der Waals surface area contributed by atoms with E-state index in [1.54, 1.807) is 0 Å². The maximum atomic E-state index is 9.77. The maximum Gasteiger partial charge on any atom is 0.0621 e. The summed E-state index contributed by atoms with van der Waals surface area (Å²) < 4.78 is 0. The predicted molar refractivity (Wildman–Crippen MR) is 75.7 cm³/mol. The molecule has 1 saturated carbocycles. The van der Waals surface area contributed by atoms with Crippen LogP contribution in [0.25, 0.3) is 0 Å². The topological polar surface area (TPSA) is 35.5 Å². The number of aliphatic hydroxyl groups excluding tert-OH is 1. The number of hydrogen-bond acceptors (Lipinski definition) is 3. The lowest BCUT2D eigenvalue weighted by Crippen LogP contribution is -2.62. The fourth-order valence-electron chi connectivity index (χ4n) is 3.17. The van der Waals surface area contributed by atoms with Crippen molar-refractivity contribution in [3.8, 4) is 0 Å². The Kier molecular flexibility index (Phi) is 4.68. The molecule has 3 heteroatoms. The summed E-state index contributed by atoms with van der Waals surface area (Å²) in [4.78, 5) is 2.60. The first-order valence-corrected chi connectivity index (χ1v) is 7.70. The molecule has 0 radical (unpaired) electrons. The second kappa shape index (κ2) is 5.89. The summed E-state index contributed by atoms with van der Waals surface area (Å²) in [5.74, 6) is 0. The van der Waals surface area contributed by atoms with Gasteiger partial charge in [0.05, 0.1) is 6.10 Å². The van der Waals surface area contributed by atoms with Gasteiger partial charge in [-0.1, -0.05) is 27.2 Å². The Morgan fingerprint density at radius 2 is 1.94 bits per heavy atom. The molecule has 1 aliphatic carbocycles.